The maximum atomic E-state index is 13.0. The van der Waals surface area contributed by atoms with E-state index in [1.807, 2.05) is 35.6 Å². The maximum absolute atomic E-state index is 13.0. The molecule has 1 aliphatic rings. The van der Waals surface area contributed by atoms with E-state index in [2.05, 4.69) is 27.1 Å². The Hall–Kier alpha value is -2.63. The van der Waals surface area contributed by atoms with E-state index in [1.165, 1.54) is 5.69 Å². The molecule has 4 heterocycles. The fourth-order valence-corrected chi connectivity index (χ4v) is 3.91. The molecule has 1 fully saturated rings. The van der Waals surface area contributed by atoms with Gasteiger partial charge in [-0.25, -0.2) is 9.97 Å². The van der Waals surface area contributed by atoms with Crippen molar-refractivity contribution in [1.82, 2.24) is 24.4 Å². The highest BCUT2D eigenvalue weighted by Crippen LogP contribution is 2.29. The van der Waals surface area contributed by atoms with Crippen LogP contribution in [0.1, 0.15) is 37.2 Å². The molecule has 0 spiro atoms. The van der Waals surface area contributed by atoms with E-state index in [0.717, 1.165) is 42.8 Å². The van der Waals surface area contributed by atoms with Crippen LogP contribution in [0, 0.1) is 12.8 Å². The summed E-state index contributed by atoms with van der Waals surface area (Å²) in [6.45, 7) is 6.29. The number of rotatable bonds is 4. The van der Waals surface area contributed by atoms with Crippen LogP contribution in [0.4, 0.5) is 0 Å². The first-order chi connectivity index (χ1) is 12.6. The molecule has 1 amide bonds. The van der Waals surface area contributed by atoms with E-state index in [1.54, 1.807) is 12.4 Å². The Balaban J connectivity index is 1.45. The standard InChI is InChI=1S/C20H25N5O/c1-14(12-24-10-8-21-15(24)2)20(26)25-9-4-6-17(13-25)18-11-16-5-3-7-22-19(16)23-18/h3,5,7-8,10-11,14,17H,4,6,9,12-13H2,1-2H3,(H,22,23)/t14-,17-/m1/s1. The fraction of sp³-hybridized carbons (Fsp3) is 0.450. The van der Waals surface area contributed by atoms with Crippen molar-refractivity contribution in [3.05, 3.63) is 48.3 Å². The Bertz CT molecular complexity index is 879. The number of amides is 1. The summed E-state index contributed by atoms with van der Waals surface area (Å²) >= 11 is 0. The number of fused-ring (bicyclic) bond motifs is 1. The van der Waals surface area contributed by atoms with E-state index >= 15 is 0 Å². The average Bonchev–Trinajstić information content (AvgIpc) is 3.27. The topological polar surface area (TPSA) is 66.8 Å². The molecule has 0 saturated carbocycles. The first-order valence-corrected chi connectivity index (χ1v) is 9.32. The van der Waals surface area contributed by atoms with Gasteiger partial charge in [-0.15, -0.1) is 0 Å². The number of imidazole rings is 1. The Kier molecular flexibility index (Phi) is 4.49. The van der Waals surface area contributed by atoms with E-state index < -0.39 is 0 Å². The number of aryl methyl sites for hydroxylation is 1. The Morgan fingerprint density at radius 3 is 3.04 bits per heavy atom. The first kappa shape index (κ1) is 16.8. The summed E-state index contributed by atoms with van der Waals surface area (Å²) in [5, 5.41) is 1.13. The molecule has 1 aliphatic heterocycles. The Morgan fingerprint density at radius 1 is 1.38 bits per heavy atom. The van der Waals surface area contributed by atoms with Crippen molar-refractivity contribution in [2.24, 2.45) is 5.92 Å². The lowest BCUT2D eigenvalue weighted by Crippen LogP contribution is -2.42. The number of nitrogens with zero attached hydrogens (tertiary/aromatic N) is 4. The van der Waals surface area contributed by atoms with Gasteiger partial charge in [0, 0.05) is 55.2 Å². The minimum absolute atomic E-state index is 0.0500. The lowest BCUT2D eigenvalue weighted by atomic mass is 9.94. The van der Waals surface area contributed by atoms with Gasteiger partial charge in [-0.05, 0) is 38.0 Å². The number of hydrogen-bond acceptors (Lipinski definition) is 3. The molecule has 0 bridgehead atoms. The van der Waals surface area contributed by atoms with E-state index in [9.17, 15) is 4.79 Å². The number of H-pyrrole nitrogens is 1. The minimum Gasteiger partial charge on any atom is -0.343 e. The van der Waals surface area contributed by atoms with Crippen molar-refractivity contribution in [2.75, 3.05) is 13.1 Å². The monoisotopic (exact) mass is 351 g/mol. The van der Waals surface area contributed by atoms with Crippen molar-refractivity contribution in [1.29, 1.82) is 0 Å². The van der Waals surface area contributed by atoms with Crippen LogP contribution >= 0.6 is 0 Å². The third kappa shape index (κ3) is 3.23. The molecule has 0 aromatic carbocycles. The van der Waals surface area contributed by atoms with Crippen LogP contribution in [0.2, 0.25) is 0 Å². The molecular formula is C20H25N5O. The van der Waals surface area contributed by atoms with E-state index in [4.69, 9.17) is 0 Å². The largest absolute Gasteiger partial charge is 0.343 e. The summed E-state index contributed by atoms with van der Waals surface area (Å²) in [5.41, 5.74) is 2.12. The molecule has 26 heavy (non-hydrogen) atoms. The highest BCUT2D eigenvalue weighted by molar-refractivity contribution is 5.79. The number of likely N-dealkylation sites (tertiary alicyclic amines) is 1. The van der Waals surface area contributed by atoms with Crippen LogP contribution in [0.25, 0.3) is 11.0 Å². The smallest absolute Gasteiger partial charge is 0.227 e. The van der Waals surface area contributed by atoms with Gasteiger partial charge in [0.25, 0.3) is 0 Å². The first-order valence-electron chi connectivity index (χ1n) is 9.32. The summed E-state index contributed by atoms with van der Waals surface area (Å²) in [7, 11) is 0. The van der Waals surface area contributed by atoms with Crippen LogP contribution in [-0.4, -0.2) is 43.4 Å². The van der Waals surface area contributed by atoms with Gasteiger partial charge in [0.05, 0.1) is 5.92 Å². The van der Waals surface area contributed by atoms with Gasteiger partial charge in [-0.1, -0.05) is 6.92 Å². The molecule has 1 N–H and O–H groups in total. The molecule has 6 heteroatoms. The van der Waals surface area contributed by atoms with Gasteiger partial charge in [0.1, 0.15) is 11.5 Å². The third-order valence-electron chi connectivity index (χ3n) is 5.40. The van der Waals surface area contributed by atoms with Crippen molar-refractivity contribution < 1.29 is 4.79 Å². The number of carbonyl (C=O) groups excluding carboxylic acids is 1. The summed E-state index contributed by atoms with van der Waals surface area (Å²) in [6.07, 6.45) is 7.67. The zero-order chi connectivity index (χ0) is 18.1. The highest BCUT2D eigenvalue weighted by Gasteiger charge is 2.28. The predicted octanol–water partition coefficient (Wildman–Crippen LogP) is 3.11. The second-order valence-electron chi connectivity index (χ2n) is 7.32. The molecule has 1 saturated heterocycles. The molecule has 4 rings (SSSR count). The lowest BCUT2D eigenvalue weighted by molar-refractivity contribution is -0.136. The van der Waals surface area contributed by atoms with Gasteiger partial charge < -0.3 is 14.5 Å². The van der Waals surface area contributed by atoms with Crippen molar-refractivity contribution in [3.8, 4) is 0 Å². The SMILES string of the molecule is Cc1nccn1C[C@@H](C)C(=O)N1CCC[C@@H](c2cc3cccnc3[nH]2)C1. The normalized spacial score (nSPS) is 19.0. The zero-order valence-electron chi connectivity index (χ0n) is 15.4. The van der Waals surface area contributed by atoms with Gasteiger partial charge in [0.2, 0.25) is 5.91 Å². The van der Waals surface area contributed by atoms with Gasteiger partial charge in [-0.2, -0.15) is 0 Å². The van der Waals surface area contributed by atoms with Gasteiger partial charge in [-0.3, -0.25) is 4.79 Å². The Labute approximate surface area is 153 Å². The van der Waals surface area contributed by atoms with Gasteiger partial charge in [0.15, 0.2) is 0 Å². The second-order valence-corrected chi connectivity index (χ2v) is 7.32. The number of aromatic nitrogens is 4. The van der Waals surface area contributed by atoms with Crippen molar-refractivity contribution >= 4 is 16.9 Å². The third-order valence-corrected chi connectivity index (χ3v) is 5.40. The predicted molar refractivity (Wildman–Crippen MR) is 101 cm³/mol. The molecule has 3 aromatic rings. The molecule has 6 nitrogen and oxygen atoms in total. The quantitative estimate of drug-likeness (QED) is 0.785. The van der Waals surface area contributed by atoms with Crippen LogP contribution in [-0.2, 0) is 11.3 Å². The number of nitrogens with one attached hydrogen (secondary N) is 1. The highest BCUT2D eigenvalue weighted by atomic mass is 16.2. The Morgan fingerprint density at radius 2 is 2.27 bits per heavy atom. The lowest BCUT2D eigenvalue weighted by Gasteiger charge is -2.34. The summed E-state index contributed by atoms with van der Waals surface area (Å²) < 4.78 is 2.05. The van der Waals surface area contributed by atoms with Crippen LogP contribution in [0.3, 0.4) is 0 Å². The average molecular weight is 351 g/mol. The van der Waals surface area contributed by atoms with Crippen molar-refractivity contribution in [2.45, 2.75) is 39.2 Å². The van der Waals surface area contributed by atoms with Crippen LogP contribution in [0.15, 0.2) is 36.8 Å². The number of aromatic amines is 1. The molecule has 0 unspecified atom stereocenters. The molecule has 2 atom stereocenters. The summed E-state index contributed by atoms with van der Waals surface area (Å²) in [6, 6.07) is 6.21. The van der Waals surface area contributed by atoms with Crippen LogP contribution < -0.4 is 0 Å². The summed E-state index contributed by atoms with van der Waals surface area (Å²) in [5.74, 6) is 1.49. The molecular weight excluding hydrogens is 326 g/mol. The zero-order valence-corrected chi connectivity index (χ0v) is 15.4. The van der Waals surface area contributed by atoms with Gasteiger partial charge >= 0.3 is 0 Å². The minimum atomic E-state index is -0.0500. The van der Waals surface area contributed by atoms with Crippen molar-refractivity contribution in [3.63, 3.8) is 0 Å². The van der Waals surface area contributed by atoms with Crippen LogP contribution in [0.5, 0.6) is 0 Å². The molecule has 136 valence electrons. The van der Waals surface area contributed by atoms with E-state index in [0.29, 0.717) is 12.5 Å². The number of carbonyl (C=O) groups is 1. The van der Waals surface area contributed by atoms with E-state index in [-0.39, 0.29) is 11.8 Å². The molecule has 0 radical (unpaired) electrons. The molecule has 3 aromatic heterocycles. The number of pyridine rings is 1. The maximum Gasteiger partial charge on any atom is 0.227 e. The summed E-state index contributed by atoms with van der Waals surface area (Å²) in [4.78, 5) is 27.0. The number of piperidine rings is 1. The number of hydrogen-bond donors (Lipinski definition) is 1. The second kappa shape index (κ2) is 6.94. The fourth-order valence-electron chi connectivity index (χ4n) is 3.91. The molecule has 0 aliphatic carbocycles.